The van der Waals surface area contributed by atoms with Crippen LogP contribution >= 0.6 is 0 Å². The number of ether oxygens (including phenoxy) is 2. The minimum absolute atomic E-state index is 0.326. The molecule has 0 saturated carbocycles. The summed E-state index contributed by atoms with van der Waals surface area (Å²) in [6.45, 7) is 5.70. The van der Waals surface area contributed by atoms with Crippen molar-refractivity contribution >= 4 is 11.7 Å². The molecule has 5 heteroatoms. The van der Waals surface area contributed by atoms with Crippen LogP contribution in [0.15, 0.2) is 71.8 Å². The molecular formula is C31H37NO4. The number of hydrogen-bond donors (Lipinski definition) is 1. The van der Waals surface area contributed by atoms with E-state index in [2.05, 4.69) is 62.2 Å². The van der Waals surface area contributed by atoms with Crippen LogP contribution in [0.1, 0.15) is 42.0 Å². The van der Waals surface area contributed by atoms with Crippen molar-refractivity contribution in [2.75, 3.05) is 27.3 Å². The van der Waals surface area contributed by atoms with Gasteiger partial charge in [-0.05, 0) is 60.9 Å². The number of carbonyl (C=O) groups is 1. The third kappa shape index (κ3) is 5.90. The highest BCUT2D eigenvalue weighted by Crippen LogP contribution is 2.39. The van der Waals surface area contributed by atoms with Crippen LogP contribution in [0.25, 0.3) is 5.70 Å². The average molecular weight is 488 g/mol. The molecule has 0 bridgehead atoms. The van der Waals surface area contributed by atoms with Crippen LogP contribution in [0.2, 0.25) is 0 Å². The first-order valence-electron chi connectivity index (χ1n) is 12.8. The Morgan fingerprint density at radius 2 is 1.94 bits per heavy atom. The smallest absolute Gasteiger partial charge is 0.333 e. The molecule has 5 nitrogen and oxygen atoms in total. The molecule has 0 fully saturated rings. The first-order valence-corrected chi connectivity index (χ1v) is 12.8. The number of carboxylic acid groups (broad SMARTS) is 1. The molecule has 4 rings (SSSR count). The van der Waals surface area contributed by atoms with Gasteiger partial charge in [0.25, 0.3) is 0 Å². The number of nitrogens with zero attached hydrogens (tertiary/aromatic N) is 1. The molecule has 1 N–H and O–H groups in total. The average Bonchev–Trinajstić information content (AvgIpc) is 3.03. The maximum absolute atomic E-state index is 11.2. The van der Waals surface area contributed by atoms with E-state index in [9.17, 15) is 9.90 Å². The Morgan fingerprint density at radius 3 is 2.64 bits per heavy atom. The molecule has 2 atom stereocenters. The third-order valence-corrected chi connectivity index (χ3v) is 7.16. The molecule has 0 heterocycles. The highest BCUT2D eigenvalue weighted by Gasteiger charge is 2.24. The minimum atomic E-state index is -0.956. The second kappa shape index (κ2) is 11.6. The summed E-state index contributed by atoms with van der Waals surface area (Å²) < 4.78 is 11.1. The van der Waals surface area contributed by atoms with Gasteiger partial charge in [0.05, 0.1) is 12.2 Å². The predicted molar refractivity (Wildman–Crippen MR) is 144 cm³/mol. The number of fused-ring (bicyclic) bond motifs is 2. The zero-order valence-electron chi connectivity index (χ0n) is 21.8. The van der Waals surface area contributed by atoms with E-state index in [1.165, 1.54) is 40.6 Å². The lowest BCUT2D eigenvalue weighted by atomic mass is 9.88. The molecule has 0 saturated heterocycles. The van der Waals surface area contributed by atoms with Crippen LogP contribution < -0.4 is 4.74 Å². The van der Waals surface area contributed by atoms with Gasteiger partial charge in [0.1, 0.15) is 12.4 Å². The number of aliphatic carboxylic acids is 1. The molecule has 0 aromatic heterocycles. The van der Waals surface area contributed by atoms with E-state index in [0.717, 1.165) is 37.1 Å². The minimum Gasteiger partial charge on any atom is -0.492 e. The van der Waals surface area contributed by atoms with Crippen molar-refractivity contribution in [2.45, 2.75) is 45.6 Å². The Hall–Kier alpha value is -3.31. The maximum Gasteiger partial charge on any atom is 0.333 e. The second-order valence-electron chi connectivity index (χ2n) is 9.73. The zero-order chi connectivity index (χ0) is 25.7. The van der Waals surface area contributed by atoms with Gasteiger partial charge in [0, 0.05) is 31.7 Å². The van der Waals surface area contributed by atoms with Crippen LogP contribution in [0.4, 0.5) is 0 Å². The van der Waals surface area contributed by atoms with E-state index in [-0.39, 0.29) is 0 Å². The van der Waals surface area contributed by atoms with E-state index < -0.39 is 12.1 Å². The van der Waals surface area contributed by atoms with Crippen molar-refractivity contribution in [3.05, 3.63) is 94.1 Å². The summed E-state index contributed by atoms with van der Waals surface area (Å²) in [7, 11) is 3.57. The lowest BCUT2D eigenvalue weighted by molar-refractivity contribution is -0.148. The van der Waals surface area contributed by atoms with Gasteiger partial charge in [-0.2, -0.15) is 0 Å². The highest BCUT2D eigenvalue weighted by atomic mass is 16.5. The summed E-state index contributed by atoms with van der Waals surface area (Å²) >= 11 is 0. The predicted octanol–water partition coefficient (Wildman–Crippen LogP) is 5.83. The van der Waals surface area contributed by atoms with E-state index in [4.69, 9.17) is 9.47 Å². The lowest BCUT2D eigenvalue weighted by Gasteiger charge is -2.28. The van der Waals surface area contributed by atoms with E-state index in [1.54, 1.807) is 0 Å². The van der Waals surface area contributed by atoms with E-state index in [0.29, 0.717) is 18.9 Å². The van der Waals surface area contributed by atoms with Crippen LogP contribution in [-0.2, 0) is 22.4 Å². The number of carboxylic acids is 1. The zero-order valence-corrected chi connectivity index (χ0v) is 21.8. The van der Waals surface area contributed by atoms with Crippen molar-refractivity contribution in [1.82, 2.24) is 4.90 Å². The number of allylic oxidation sites excluding steroid dienone is 5. The third-order valence-electron chi connectivity index (χ3n) is 7.16. The number of rotatable bonds is 10. The van der Waals surface area contributed by atoms with E-state index in [1.807, 2.05) is 24.3 Å². The molecule has 2 unspecified atom stereocenters. The summed E-state index contributed by atoms with van der Waals surface area (Å²) in [6, 6.07) is 14.4. The number of aryl methyl sites for hydroxylation is 2. The Kier molecular flexibility index (Phi) is 8.32. The molecule has 2 aliphatic carbocycles. The Balaban J connectivity index is 1.48. The molecule has 2 aromatic carbocycles. The van der Waals surface area contributed by atoms with Crippen LogP contribution in [-0.4, -0.2) is 49.4 Å². The molecule has 190 valence electrons. The summed E-state index contributed by atoms with van der Waals surface area (Å²) in [5.41, 5.74) is 8.99. The van der Waals surface area contributed by atoms with Gasteiger partial charge in [0.2, 0.25) is 0 Å². The van der Waals surface area contributed by atoms with Gasteiger partial charge in [-0.1, -0.05) is 61.0 Å². The number of likely N-dealkylation sites (N-methyl/N-ethyl adjacent to an activating group) is 1. The van der Waals surface area contributed by atoms with Gasteiger partial charge < -0.3 is 19.5 Å². The van der Waals surface area contributed by atoms with Crippen molar-refractivity contribution in [3.63, 3.8) is 0 Å². The number of hydrogen-bond acceptors (Lipinski definition) is 4. The quantitative estimate of drug-likeness (QED) is 0.457. The number of methoxy groups -OCH3 is 1. The highest BCUT2D eigenvalue weighted by molar-refractivity contribution is 5.78. The lowest BCUT2D eigenvalue weighted by Crippen LogP contribution is -2.25. The Labute approximate surface area is 214 Å². The monoisotopic (exact) mass is 487 g/mol. The summed E-state index contributed by atoms with van der Waals surface area (Å²) in [6.07, 6.45) is 9.86. The first-order chi connectivity index (χ1) is 17.4. The fourth-order valence-electron chi connectivity index (χ4n) is 5.04. The SMILES string of the molecule is CCC1C=CC2=C(N(C)CCOc3ccc(CC(OC)C(=O)O)cc3)c3ccc(C)cc3CCC2=C1. The molecule has 0 amide bonds. The standard InChI is InChI=1S/C31H37NO4/c1-5-22-9-15-28-25(19-22)11-10-24-18-21(2)6-14-27(24)30(28)32(3)16-17-36-26-12-7-23(8-13-26)20-29(35-4)31(33)34/h6-9,12-15,18-19,22,29H,5,10-11,16-17,20H2,1-4H3,(H,33,34). The number of benzene rings is 2. The van der Waals surface area contributed by atoms with Gasteiger partial charge in [-0.25, -0.2) is 4.79 Å². The largest absolute Gasteiger partial charge is 0.492 e. The molecule has 0 radical (unpaired) electrons. The van der Waals surface area contributed by atoms with Crippen LogP contribution in [0.5, 0.6) is 5.75 Å². The van der Waals surface area contributed by atoms with Gasteiger partial charge in [-0.3, -0.25) is 0 Å². The van der Waals surface area contributed by atoms with Gasteiger partial charge in [0.15, 0.2) is 6.10 Å². The first kappa shape index (κ1) is 25.8. The van der Waals surface area contributed by atoms with Crippen molar-refractivity contribution in [1.29, 1.82) is 0 Å². The maximum atomic E-state index is 11.2. The molecular weight excluding hydrogens is 450 g/mol. The van der Waals surface area contributed by atoms with Crippen LogP contribution in [0.3, 0.4) is 0 Å². The Bertz CT molecular complexity index is 1180. The molecule has 2 aromatic rings. The fourth-order valence-corrected chi connectivity index (χ4v) is 5.04. The van der Waals surface area contributed by atoms with E-state index >= 15 is 0 Å². The summed E-state index contributed by atoms with van der Waals surface area (Å²) in [5, 5.41) is 9.19. The molecule has 36 heavy (non-hydrogen) atoms. The fraction of sp³-hybridized carbons (Fsp3) is 0.387. The summed E-state index contributed by atoms with van der Waals surface area (Å²) in [5.74, 6) is 0.330. The Morgan fingerprint density at radius 1 is 1.17 bits per heavy atom. The van der Waals surface area contributed by atoms with Crippen LogP contribution in [0, 0.1) is 12.8 Å². The summed E-state index contributed by atoms with van der Waals surface area (Å²) in [4.78, 5) is 13.5. The normalized spacial score (nSPS) is 17.6. The van der Waals surface area contributed by atoms with Crippen molar-refractivity contribution in [2.24, 2.45) is 5.92 Å². The topological polar surface area (TPSA) is 59.0 Å². The molecule has 0 aliphatic heterocycles. The van der Waals surface area contributed by atoms with Gasteiger partial charge >= 0.3 is 5.97 Å². The molecule has 2 aliphatic rings. The van der Waals surface area contributed by atoms with Crippen molar-refractivity contribution in [3.8, 4) is 5.75 Å². The van der Waals surface area contributed by atoms with Crippen molar-refractivity contribution < 1.29 is 19.4 Å². The van der Waals surface area contributed by atoms with Gasteiger partial charge in [-0.15, -0.1) is 0 Å². The molecule has 0 spiro atoms. The second-order valence-corrected chi connectivity index (χ2v) is 9.73.